The highest BCUT2D eigenvalue weighted by Gasteiger charge is 2.09. The van der Waals surface area contributed by atoms with E-state index in [9.17, 15) is 0 Å². The molecule has 0 saturated carbocycles. The maximum Gasteiger partial charge on any atom is 0.184 e. The molecule has 2 aromatic heterocycles. The van der Waals surface area contributed by atoms with Crippen LogP contribution in [0.2, 0.25) is 0 Å². The van der Waals surface area contributed by atoms with Gasteiger partial charge in [0.2, 0.25) is 0 Å². The van der Waals surface area contributed by atoms with E-state index in [1.54, 1.807) is 26.6 Å². The molecule has 78 valence electrons. The largest absolute Gasteiger partial charge is 0.352 e. The van der Waals surface area contributed by atoms with Gasteiger partial charge < -0.3 is 9.47 Å². The minimum Gasteiger partial charge on any atom is -0.352 e. The molecule has 4 nitrogen and oxygen atoms in total. The van der Waals surface area contributed by atoms with Crippen molar-refractivity contribution in [2.75, 3.05) is 14.2 Å². The van der Waals surface area contributed by atoms with Crippen molar-refractivity contribution in [3.8, 4) is 0 Å². The van der Waals surface area contributed by atoms with Gasteiger partial charge in [0, 0.05) is 32.2 Å². The van der Waals surface area contributed by atoms with Gasteiger partial charge in [-0.1, -0.05) is 0 Å². The number of hydrogen-bond acceptors (Lipinski definition) is 4. The number of methoxy groups -OCH3 is 2. The molecule has 0 aliphatic rings. The van der Waals surface area contributed by atoms with Crippen LogP contribution in [0, 0.1) is 0 Å². The zero-order valence-electron chi connectivity index (χ0n) is 8.68. The summed E-state index contributed by atoms with van der Waals surface area (Å²) in [4.78, 5) is 8.49. The molecule has 2 heterocycles. The summed E-state index contributed by atoms with van der Waals surface area (Å²) in [5, 5.41) is 0. The summed E-state index contributed by atoms with van der Waals surface area (Å²) < 4.78 is 10.3. The maximum absolute atomic E-state index is 5.14. The monoisotopic (exact) mass is 204 g/mol. The molecule has 0 fully saturated rings. The lowest BCUT2D eigenvalue weighted by molar-refractivity contribution is -0.106. The molecular weight excluding hydrogens is 192 g/mol. The predicted molar refractivity (Wildman–Crippen MR) is 56.3 cm³/mol. The number of ether oxygens (including phenoxy) is 2. The first-order chi connectivity index (χ1) is 7.35. The van der Waals surface area contributed by atoms with Crippen LogP contribution >= 0.6 is 0 Å². The van der Waals surface area contributed by atoms with Crippen LogP contribution < -0.4 is 0 Å². The zero-order chi connectivity index (χ0) is 10.7. The number of rotatable bonds is 3. The topological polar surface area (TPSA) is 44.2 Å². The lowest BCUT2D eigenvalue weighted by Gasteiger charge is -2.13. The number of fused-ring (bicyclic) bond motifs is 1. The van der Waals surface area contributed by atoms with Crippen LogP contribution in [0.25, 0.3) is 11.0 Å². The number of hydrogen-bond donors (Lipinski definition) is 0. The van der Waals surface area contributed by atoms with Crippen molar-refractivity contribution in [1.29, 1.82) is 0 Å². The van der Waals surface area contributed by atoms with E-state index in [1.165, 1.54) is 0 Å². The van der Waals surface area contributed by atoms with Crippen molar-refractivity contribution in [3.63, 3.8) is 0 Å². The van der Waals surface area contributed by atoms with Crippen molar-refractivity contribution in [2.45, 2.75) is 6.29 Å². The summed E-state index contributed by atoms with van der Waals surface area (Å²) in [6, 6.07) is 5.69. The van der Waals surface area contributed by atoms with Crippen LogP contribution in [0.1, 0.15) is 11.9 Å². The molecule has 4 heteroatoms. The molecule has 0 N–H and O–H groups in total. The van der Waals surface area contributed by atoms with E-state index in [1.807, 2.05) is 18.2 Å². The highest BCUT2D eigenvalue weighted by Crippen LogP contribution is 2.19. The van der Waals surface area contributed by atoms with Gasteiger partial charge in [-0.05, 0) is 18.2 Å². The van der Waals surface area contributed by atoms with E-state index < -0.39 is 0 Å². The summed E-state index contributed by atoms with van der Waals surface area (Å²) >= 11 is 0. The van der Waals surface area contributed by atoms with E-state index in [2.05, 4.69) is 9.97 Å². The van der Waals surface area contributed by atoms with Gasteiger partial charge in [-0.3, -0.25) is 9.97 Å². The Kier molecular flexibility index (Phi) is 2.89. The minimum atomic E-state index is -0.385. The molecule has 0 aliphatic carbocycles. The van der Waals surface area contributed by atoms with Gasteiger partial charge in [-0.15, -0.1) is 0 Å². The lowest BCUT2D eigenvalue weighted by atomic mass is 10.2. The third-order valence-corrected chi connectivity index (χ3v) is 2.17. The molecule has 2 aromatic rings. The van der Waals surface area contributed by atoms with Crippen LogP contribution in [0.5, 0.6) is 0 Å². The molecule has 0 bridgehead atoms. The average molecular weight is 204 g/mol. The van der Waals surface area contributed by atoms with E-state index >= 15 is 0 Å². The Morgan fingerprint density at radius 1 is 1.13 bits per heavy atom. The second kappa shape index (κ2) is 4.33. The highest BCUT2D eigenvalue weighted by atomic mass is 16.7. The fourth-order valence-electron chi connectivity index (χ4n) is 1.47. The Hall–Kier alpha value is -1.52. The van der Waals surface area contributed by atoms with Crippen LogP contribution in [0.3, 0.4) is 0 Å². The second-order valence-corrected chi connectivity index (χ2v) is 3.11. The summed E-state index contributed by atoms with van der Waals surface area (Å²) in [5.41, 5.74) is 2.58. The molecule has 0 saturated heterocycles. The number of aromatic nitrogens is 2. The SMILES string of the molecule is COC(OC)c1cnc2cccnc2c1. The number of nitrogens with zero attached hydrogens (tertiary/aromatic N) is 2. The van der Waals surface area contributed by atoms with Crippen molar-refractivity contribution in [2.24, 2.45) is 0 Å². The molecule has 0 amide bonds. The van der Waals surface area contributed by atoms with Crippen molar-refractivity contribution >= 4 is 11.0 Å². The predicted octanol–water partition coefficient (Wildman–Crippen LogP) is 1.92. The second-order valence-electron chi connectivity index (χ2n) is 3.11. The van der Waals surface area contributed by atoms with E-state index in [0.29, 0.717) is 0 Å². The van der Waals surface area contributed by atoms with Crippen LogP contribution in [-0.2, 0) is 9.47 Å². The van der Waals surface area contributed by atoms with Gasteiger partial charge in [0.15, 0.2) is 6.29 Å². The van der Waals surface area contributed by atoms with Crippen molar-refractivity contribution in [1.82, 2.24) is 9.97 Å². The fraction of sp³-hybridized carbons (Fsp3) is 0.273. The van der Waals surface area contributed by atoms with Gasteiger partial charge in [-0.25, -0.2) is 0 Å². The maximum atomic E-state index is 5.14. The van der Waals surface area contributed by atoms with Gasteiger partial charge >= 0.3 is 0 Å². The lowest BCUT2D eigenvalue weighted by Crippen LogP contribution is -2.04. The third-order valence-electron chi connectivity index (χ3n) is 2.17. The minimum absolute atomic E-state index is 0.385. The highest BCUT2D eigenvalue weighted by molar-refractivity contribution is 5.73. The normalized spacial score (nSPS) is 11.1. The van der Waals surface area contributed by atoms with Crippen molar-refractivity contribution in [3.05, 3.63) is 36.2 Å². The van der Waals surface area contributed by atoms with E-state index in [4.69, 9.17) is 9.47 Å². The fourth-order valence-corrected chi connectivity index (χ4v) is 1.47. The van der Waals surface area contributed by atoms with E-state index in [-0.39, 0.29) is 6.29 Å². The quantitative estimate of drug-likeness (QED) is 0.716. The molecular formula is C11H12N2O2. The van der Waals surface area contributed by atoms with Crippen molar-refractivity contribution < 1.29 is 9.47 Å². The first kappa shape index (κ1) is 10.0. The molecule has 0 aliphatic heterocycles. The van der Waals surface area contributed by atoms with Gasteiger partial charge in [-0.2, -0.15) is 0 Å². The summed E-state index contributed by atoms with van der Waals surface area (Å²) in [6.07, 6.45) is 3.09. The smallest absolute Gasteiger partial charge is 0.184 e. The van der Waals surface area contributed by atoms with Crippen LogP contribution in [-0.4, -0.2) is 24.2 Å². The number of pyridine rings is 2. The molecule has 15 heavy (non-hydrogen) atoms. The zero-order valence-corrected chi connectivity index (χ0v) is 8.68. The molecule has 2 rings (SSSR count). The summed E-state index contributed by atoms with van der Waals surface area (Å²) in [6.45, 7) is 0. The Bertz CT molecular complexity index is 455. The molecule has 0 aromatic carbocycles. The van der Waals surface area contributed by atoms with Gasteiger partial charge in [0.05, 0.1) is 11.0 Å². The molecule has 0 spiro atoms. The molecule has 0 radical (unpaired) electrons. The molecule has 0 atom stereocenters. The third kappa shape index (κ3) is 1.95. The average Bonchev–Trinajstić information content (AvgIpc) is 2.30. The Morgan fingerprint density at radius 2 is 1.93 bits per heavy atom. The standard InChI is InChI=1S/C11H12N2O2/c1-14-11(15-2)8-6-10-9(13-7-8)4-3-5-12-10/h3-7,11H,1-2H3. The van der Waals surface area contributed by atoms with E-state index in [0.717, 1.165) is 16.6 Å². The Labute approximate surface area is 87.9 Å². The van der Waals surface area contributed by atoms with Gasteiger partial charge in [0.1, 0.15) is 0 Å². The molecule has 0 unspecified atom stereocenters. The van der Waals surface area contributed by atoms with Crippen LogP contribution in [0.4, 0.5) is 0 Å². The first-order valence-electron chi connectivity index (χ1n) is 4.61. The Morgan fingerprint density at radius 3 is 2.67 bits per heavy atom. The van der Waals surface area contributed by atoms with Gasteiger partial charge in [0.25, 0.3) is 0 Å². The Balaban J connectivity index is 2.46. The summed E-state index contributed by atoms with van der Waals surface area (Å²) in [7, 11) is 3.19. The first-order valence-corrected chi connectivity index (χ1v) is 4.61. The summed E-state index contributed by atoms with van der Waals surface area (Å²) in [5.74, 6) is 0. The van der Waals surface area contributed by atoms with Crippen LogP contribution in [0.15, 0.2) is 30.6 Å².